The molecule has 0 bridgehead atoms. The lowest BCUT2D eigenvalue weighted by atomic mass is 10.1. The van der Waals surface area contributed by atoms with E-state index >= 15 is 0 Å². The number of methoxy groups -OCH3 is 2. The van der Waals surface area contributed by atoms with Gasteiger partial charge in [0.15, 0.2) is 6.61 Å². The molecule has 0 saturated heterocycles. The van der Waals surface area contributed by atoms with Crippen LogP contribution in [0.4, 0.5) is 5.69 Å². The molecule has 0 spiro atoms. The smallest absolute Gasteiger partial charge is 0.265 e. The van der Waals surface area contributed by atoms with Crippen molar-refractivity contribution in [2.75, 3.05) is 25.7 Å². The molecule has 1 amide bonds. The van der Waals surface area contributed by atoms with Crippen molar-refractivity contribution >= 4 is 27.5 Å². The highest BCUT2D eigenvalue weighted by molar-refractivity contribution is 9.10. The zero-order valence-electron chi connectivity index (χ0n) is 12.8. The number of carbonyl (C=O) groups is 1. The van der Waals surface area contributed by atoms with Crippen molar-refractivity contribution in [3.05, 3.63) is 46.4 Å². The summed E-state index contributed by atoms with van der Waals surface area (Å²) < 4.78 is 16.9. The Labute approximate surface area is 142 Å². The summed E-state index contributed by atoms with van der Waals surface area (Å²) >= 11 is 3.46. The third kappa shape index (κ3) is 3.27. The van der Waals surface area contributed by atoms with Gasteiger partial charge in [0.2, 0.25) is 0 Å². The maximum absolute atomic E-state index is 12.3. The van der Waals surface area contributed by atoms with Crippen molar-refractivity contribution < 1.29 is 19.0 Å². The van der Waals surface area contributed by atoms with Crippen LogP contribution in [0.5, 0.6) is 17.2 Å². The molecule has 3 rings (SSSR count). The Hall–Kier alpha value is -2.21. The van der Waals surface area contributed by atoms with E-state index in [0.29, 0.717) is 18.0 Å². The maximum Gasteiger partial charge on any atom is 0.265 e. The Morgan fingerprint density at radius 3 is 2.65 bits per heavy atom. The molecule has 23 heavy (non-hydrogen) atoms. The van der Waals surface area contributed by atoms with E-state index in [1.807, 2.05) is 30.3 Å². The number of hydrogen-bond donors (Lipinski definition) is 0. The van der Waals surface area contributed by atoms with Gasteiger partial charge in [-0.3, -0.25) is 4.79 Å². The minimum absolute atomic E-state index is 0.0192. The molecular formula is C17H16BrNO4. The summed E-state index contributed by atoms with van der Waals surface area (Å²) in [6, 6.07) is 11.2. The molecule has 5 nitrogen and oxygen atoms in total. The van der Waals surface area contributed by atoms with Crippen LogP contribution in [0.2, 0.25) is 0 Å². The Kier molecular flexibility index (Phi) is 4.43. The number of fused-ring (bicyclic) bond motifs is 1. The van der Waals surface area contributed by atoms with E-state index in [2.05, 4.69) is 15.9 Å². The van der Waals surface area contributed by atoms with Crippen LogP contribution in [0.3, 0.4) is 0 Å². The lowest BCUT2D eigenvalue weighted by Gasteiger charge is -2.29. The summed E-state index contributed by atoms with van der Waals surface area (Å²) in [6.45, 7) is 0.461. The van der Waals surface area contributed by atoms with Gasteiger partial charge >= 0.3 is 0 Å². The molecule has 1 aliphatic heterocycles. The Morgan fingerprint density at radius 2 is 1.91 bits per heavy atom. The van der Waals surface area contributed by atoms with Gasteiger partial charge in [-0.25, -0.2) is 0 Å². The van der Waals surface area contributed by atoms with Crippen LogP contribution in [0.1, 0.15) is 5.56 Å². The van der Waals surface area contributed by atoms with Gasteiger partial charge in [0.1, 0.15) is 17.2 Å². The lowest BCUT2D eigenvalue weighted by molar-refractivity contribution is -0.121. The average molecular weight is 378 g/mol. The third-order valence-electron chi connectivity index (χ3n) is 3.62. The van der Waals surface area contributed by atoms with Crippen molar-refractivity contribution in [2.24, 2.45) is 0 Å². The predicted octanol–water partition coefficient (Wildman–Crippen LogP) is 3.39. The Bertz CT molecular complexity index is 747. The monoisotopic (exact) mass is 377 g/mol. The molecule has 2 aromatic rings. The summed E-state index contributed by atoms with van der Waals surface area (Å²) in [7, 11) is 3.22. The first kappa shape index (κ1) is 15.7. The molecule has 120 valence electrons. The van der Waals surface area contributed by atoms with Crippen LogP contribution < -0.4 is 19.1 Å². The van der Waals surface area contributed by atoms with Crippen molar-refractivity contribution in [1.29, 1.82) is 0 Å². The fraction of sp³-hybridized carbons (Fsp3) is 0.235. The molecule has 1 heterocycles. The second kappa shape index (κ2) is 6.50. The summed E-state index contributed by atoms with van der Waals surface area (Å²) in [5.74, 6) is 2.00. The summed E-state index contributed by atoms with van der Waals surface area (Å²) in [6.07, 6.45) is 0. The highest BCUT2D eigenvalue weighted by atomic mass is 79.9. The summed E-state index contributed by atoms with van der Waals surface area (Å²) in [5, 5.41) is 0. The average Bonchev–Trinajstić information content (AvgIpc) is 2.56. The van der Waals surface area contributed by atoms with E-state index in [1.165, 1.54) is 0 Å². The molecule has 0 radical (unpaired) electrons. The molecule has 0 fully saturated rings. The zero-order chi connectivity index (χ0) is 16.4. The quantitative estimate of drug-likeness (QED) is 0.819. The predicted molar refractivity (Wildman–Crippen MR) is 90.4 cm³/mol. The Balaban J connectivity index is 1.94. The summed E-state index contributed by atoms with van der Waals surface area (Å²) in [4.78, 5) is 14.0. The SMILES string of the molecule is COc1cc(Br)cc(CN2C(=O)COc3cc(OC)ccc32)c1. The first-order chi connectivity index (χ1) is 11.1. The standard InChI is InChI=1S/C17H16BrNO4/c1-21-13-3-4-15-16(8-13)23-10-17(20)19(15)9-11-5-12(18)7-14(6-11)22-2/h3-8H,9-10H2,1-2H3. The van der Waals surface area contributed by atoms with Crippen molar-refractivity contribution in [2.45, 2.75) is 6.54 Å². The number of amides is 1. The van der Waals surface area contributed by atoms with Crippen LogP contribution in [-0.2, 0) is 11.3 Å². The van der Waals surface area contributed by atoms with Gasteiger partial charge in [0, 0.05) is 10.5 Å². The maximum atomic E-state index is 12.3. The lowest BCUT2D eigenvalue weighted by Crippen LogP contribution is -2.38. The Morgan fingerprint density at radius 1 is 1.13 bits per heavy atom. The number of benzene rings is 2. The second-order valence-electron chi connectivity index (χ2n) is 5.10. The third-order valence-corrected chi connectivity index (χ3v) is 4.08. The number of anilines is 1. The normalized spacial score (nSPS) is 13.3. The number of carbonyl (C=O) groups excluding carboxylic acids is 1. The van der Waals surface area contributed by atoms with Crippen LogP contribution in [-0.4, -0.2) is 26.7 Å². The first-order valence-electron chi connectivity index (χ1n) is 7.05. The molecule has 0 aliphatic carbocycles. The van der Waals surface area contributed by atoms with E-state index in [9.17, 15) is 4.79 Å². The molecule has 2 aromatic carbocycles. The van der Waals surface area contributed by atoms with E-state index in [-0.39, 0.29) is 12.5 Å². The number of halogens is 1. The van der Waals surface area contributed by atoms with E-state index in [4.69, 9.17) is 14.2 Å². The van der Waals surface area contributed by atoms with Crippen molar-refractivity contribution in [3.8, 4) is 17.2 Å². The van der Waals surface area contributed by atoms with Crippen LogP contribution in [0.25, 0.3) is 0 Å². The van der Waals surface area contributed by atoms with Gasteiger partial charge in [0.25, 0.3) is 5.91 Å². The largest absolute Gasteiger partial charge is 0.497 e. The molecule has 0 saturated carbocycles. The highest BCUT2D eigenvalue weighted by Gasteiger charge is 2.26. The van der Waals surface area contributed by atoms with Gasteiger partial charge < -0.3 is 19.1 Å². The molecule has 0 atom stereocenters. The minimum Gasteiger partial charge on any atom is -0.497 e. The van der Waals surface area contributed by atoms with Gasteiger partial charge in [-0.15, -0.1) is 0 Å². The van der Waals surface area contributed by atoms with Gasteiger partial charge in [0.05, 0.1) is 26.5 Å². The molecule has 6 heteroatoms. The molecule has 0 aromatic heterocycles. The van der Waals surface area contributed by atoms with Crippen molar-refractivity contribution in [3.63, 3.8) is 0 Å². The van der Waals surface area contributed by atoms with Crippen LogP contribution >= 0.6 is 15.9 Å². The fourth-order valence-electron chi connectivity index (χ4n) is 2.50. The van der Waals surface area contributed by atoms with E-state index in [0.717, 1.165) is 21.5 Å². The second-order valence-corrected chi connectivity index (χ2v) is 6.02. The fourth-order valence-corrected chi connectivity index (χ4v) is 3.02. The van der Waals surface area contributed by atoms with Crippen molar-refractivity contribution in [1.82, 2.24) is 0 Å². The number of nitrogens with zero attached hydrogens (tertiary/aromatic N) is 1. The number of rotatable bonds is 4. The van der Waals surface area contributed by atoms with Gasteiger partial charge in [-0.1, -0.05) is 15.9 Å². The van der Waals surface area contributed by atoms with E-state index in [1.54, 1.807) is 25.2 Å². The summed E-state index contributed by atoms with van der Waals surface area (Å²) in [5.41, 5.74) is 1.70. The topological polar surface area (TPSA) is 48.0 Å². The molecular weight excluding hydrogens is 362 g/mol. The zero-order valence-corrected chi connectivity index (χ0v) is 14.4. The van der Waals surface area contributed by atoms with Gasteiger partial charge in [-0.2, -0.15) is 0 Å². The van der Waals surface area contributed by atoms with E-state index < -0.39 is 0 Å². The first-order valence-corrected chi connectivity index (χ1v) is 7.84. The number of hydrogen-bond acceptors (Lipinski definition) is 4. The number of ether oxygens (including phenoxy) is 3. The molecule has 0 N–H and O–H groups in total. The van der Waals surface area contributed by atoms with Crippen LogP contribution in [0.15, 0.2) is 40.9 Å². The van der Waals surface area contributed by atoms with Crippen LogP contribution in [0, 0.1) is 0 Å². The van der Waals surface area contributed by atoms with Gasteiger partial charge in [-0.05, 0) is 35.9 Å². The highest BCUT2D eigenvalue weighted by Crippen LogP contribution is 2.36. The minimum atomic E-state index is -0.0818. The molecule has 0 unspecified atom stereocenters. The molecule has 1 aliphatic rings.